The number of thiocarbonyl (C=S) groups is 1. The molecular weight excluding hydrogens is 380 g/mol. The highest BCUT2D eigenvalue weighted by Gasteiger charge is 2.42. The fraction of sp³-hybridized carbons (Fsp3) is 0.304. The second-order valence-corrected chi connectivity index (χ2v) is 7.74. The van der Waals surface area contributed by atoms with Crippen molar-refractivity contribution in [1.29, 1.82) is 0 Å². The Morgan fingerprint density at radius 3 is 2.55 bits per heavy atom. The molecule has 1 aliphatic rings. The molecule has 0 aliphatic carbocycles. The molecule has 3 aromatic rings. The van der Waals surface area contributed by atoms with E-state index in [4.69, 9.17) is 17.0 Å². The second-order valence-electron chi connectivity index (χ2n) is 7.36. The normalized spacial score (nSPS) is 18.9. The molecule has 150 valence electrons. The zero-order chi connectivity index (χ0) is 20.4. The Morgan fingerprint density at radius 2 is 1.90 bits per heavy atom. The van der Waals surface area contributed by atoms with Gasteiger partial charge < -0.3 is 19.5 Å². The molecule has 0 bridgehead atoms. The Bertz CT molecular complexity index is 968. The van der Waals surface area contributed by atoms with Gasteiger partial charge >= 0.3 is 0 Å². The lowest BCUT2D eigenvalue weighted by molar-refractivity contribution is 0.340. The van der Waals surface area contributed by atoms with Gasteiger partial charge in [0.1, 0.15) is 11.8 Å². The van der Waals surface area contributed by atoms with Crippen molar-refractivity contribution in [2.45, 2.75) is 38.9 Å². The van der Waals surface area contributed by atoms with Crippen LogP contribution < -0.4 is 15.0 Å². The molecule has 0 spiro atoms. The standard InChI is InChI=1S/C23H26N4OS/c1-4-28-18-12-10-17(11-13-18)27-22(20-9-7-15-26(20)16(2)3)21(25-23(27)29)19-8-5-6-14-24-19/h5-16,21-22H,4H2,1-3H3,(H,25,29)/t21-,22+/m1/s1. The summed E-state index contributed by atoms with van der Waals surface area (Å²) in [5, 5.41) is 4.21. The number of aromatic nitrogens is 2. The minimum atomic E-state index is -0.0392. The Labute approximate surface area is 177 Å². The van der Waals surface area contributed by atoms with Gasteiger partial charge in [-0.1, -0.05) is 6.07 Å². The third kappa shape index (κ3) is 3.72. The predicted molar refractivity (Wildman–Crippen MR) is 120 cm³/mol. The van der Waals surface area contributed by atoms with Gasteiger partial charge in [-0.05, 0) is 81.5 Å². The lowest BCUT2D eigenvalue weighted by Gasteiger charge is -2.30. The van der Waals surface area contributed by atoms with Gasteiger partial charge in [-0.15, -0.1) is 0 Å². The van der Waals surface area contributed by atoms with Crippen molar-refractivity contribution < 1.29 is 4.74 Å². The molecule has 2 aromatic heterocycles. The van der Waals surface area contributed by atoms with Gasteiger partial charge in [-0.3, -0.25) is 4.98 Å². The predicted octanol–water partition coefficient (Wildman–Crippen LogP) is 5.04. The maximum Gasteiger partial charge on any atom is 0.174 e. The first-order valence-electron chi connectivity index (χ1n) is 10.0. The third-order valence-electron chi connectivity index (χ3n) is 5.20. The van der Waals surface area contributed by atoms with Crippen LogP contribution in [0.25, 0.3) is 0 Å². The van der Waals surface area contributed by atoms with Crippen molar-refractivity contribution in [2.75, 3.05) is 11.5 Å². The summed E-state index contributed by atoms with van der Waals surface area (Å²) in [4.78, 5) is 6.81. The topological polar surface area (TPSA) is 42.3 Å². The second kappa shape index (κ2) is 8.25. The monoisotopic (exact) mass is 406 g/mol. The maximum atomic E-state index is 5.79. The largest absolute Gasteiger partial charge is 0.494 e. The SMILES string of the molecule is CCOc1ccc(N2C(=S)N[C@H](c3ccccn3)[C@@H]2c2cccn2C(C)C)cc1. The summed E-state index contributed by atoms with van der Waals surface area (Å²) in [5.41, 5.74) is 3.22. The van der Waals surface area contributed by atoms with Crippen LogP contribution in [0.1, 0.15) is 50.3 Å². The van der Waals surface area contributed by atoms with Crippen LogP contribution in [0, 0.1) is 0 Å². The van der Waals surface area contributed by atoms with E-state index in [9.17, 15) is 0 Å². The summed E-state index contributed by atoms with van der Waals surface area (Å²) in [6.45, 7) is 7.03. The summed E-state index contributed by atoms with van der Waals surface area (Å²) in [5.74, 6) is 0.859. The Kier molecular flexibility index (Phi) is 5.53. The van der Waals surface area contributed by atoms with Gasteiger partial charge in [0.2, 0.25) is 0 Å². The number of ether oxygens (including phenoxy) is 1. The highest BCUT2D eigenvalue weighted by Crippen LogP contribution is 2.42. The van der Waals surface area contributed by atoms with Crippen LogP contribution >= 0.6 is 12.2 Å². The van der Waals surface area contributed by atoms with E-state index in [-0.39, 0.29) is 12.1 Å². The van der Waals surface area contributed by atoms with Gasteiger partial charge in [-0.25, -0.2) is 0 Å². The van der Waals surface area contributed by atoms with E-state index in [0.717, 1.165) is 17.1 Å². The highest BCUT2D eigenvalue weighted by atomic mass is 32.1. The van der Waals surface area contributed by atoms with Crippen LogP contribution in [0.3, 0.4) is 0 Å². The summed E-state index contributed by atoms with van der Waals surface area (Å²) < 4.78 is 7.91. The molecule has 0 saturated carbocycles. The van der Waals surface area contributed by atoms with Crippen LogP contribution in [-0.2, 0) is 0 Å². The van der Waals surface area contributed by atoms with Crippen molar-refractivity contribution in [3.8, 4) is 5.75 Å². The van der Waals surface area contributed by atoms with E-state index in [1.54, 1.807) is 0 Å². The van der Waals surface area contributed by atoms with Crippen LogP contribution in [0.2, 0.25) is 0 Å². The molecule has 1 saturated heterocycles. The smallest absolute Gasteiger partial charge is 0.174 e. The number of rotatable bonds is 6. The average Bonchev–Trinajstić information content (AvgIpc) is 3.34. The van der Waals surface area contributed by atoms with Crippen molar-refractivity contribution in [2.24, 2.45) is 0 Å². The lowest BCUT2D eigenvalue weighted by atomic mass is 10.0. The van der Waals surface area contributed by atoms with Crippen LogP contribution in [0.5, 0.6) is 5.75 Å². The number of hydrogen-bond donors (Lipinski definition) is 1. The first-order valence-corrected chi connectivity index (χ1v) is 10.4. The Morgan fingerprint density at radius 1 is 1.10 bits per heavy atom. The van der Waals surface area contributed by atoms with Gasteiger partial charge in [0.05, 0.1) is 18.3 Å². The van der Waals surface area contributed by atoms with Crippen molar-refractivity contribution in [3.05, 3.63) is 78.4 Å². The quantitative estimate of drug-likeness (QED) is 0.581. The van der Waals surface area contributed by atoms with E-state index in [2.05, 4.69) is 70.1 Å². The number of nitrogens with zero attached hydrogens (tertiary/aromatic N) is 3. The molecule has 0 amide bonds. The fourth-order valence-corrected chi connectivity index (χ4v) is 4.28. The summed E-state index contributed by atoms with van der Waals surface area (Å²) in [7, 11) is 0. The molecular formula is C23H26N4OS. The molecule has 29 heavy (non-hydrogen) atoms. The van der Waals surface area contributed by atoms with Gasteiger partial charge in [0, 0.05) is 29.8 Å². The molecule has 0 radical (unpaired) electrons. The van der Waals surface area contributed by atoms with Crippen molar-refractivity contribution in [3.63, 3.8) is 0 Å². The molecule has 5 nitrogen and oxygen atoms in total. The Hall–Kier alpha value is -2.86. The first-order chi connectivity index (χ1) is 14.1. The van der Waals surface area contributed by atoms with Gasteiger partial charge in [-0.2, -0.15) is 0 Å². The van der Waals surface area contributed by atoms with Crippen LogP contribution in [0.15, 0.2) is 67.0 Å². The molecule has 3 heterocycles. The van der Waals surface area contributed by atoms with Crippen molar-refractivity contribution >= 4 is 23.0 Å². The summed E-state index contributed by atoms with van der Waals surface area (Å²) in [6.07, 6.45) is 3.96. The highest BCUT2D eigenvalue weighted by molar-refractivity contribution is 7.80. The zero-order valence-electron chi connectivity index (χ0n) is 16.9. The van der Waals surface area contributed by atoms with Gasteiger partial charge in [0.15, 0.2) is 5.11 Å². The van der Waals surface area contributed by atoms with E-state index >= 15 is 0 Å². The minimum absolute atomic E-state index is 0.00672. The maximum absolute atomic E-state index is 5.79. The molecule has 6 heteroatoms. The molecule has 4 rings (SSSR count). The van der Waals surface area contributed by atoms with E-state index in [0.29, 0.717) is 17.8 Å². The van der Waals surface area contributed by atoms with Crippen LogP contribution in [-0.4, -0.2) is 21.3 Å². The van der Waals surface area contributed by atoms with Crippen LogP contribution in [0.4, 0.5) is 5.69 Å². The van der Waals surface area contributed by atoms with Gasteiger partial charge in [0.25, 0.3) is 0 Å². The number of hydrogen-bond acceptors (Lipinski definition) is 3. The average molecular weight is 407 g/mol. The number of benzene rings is 1. The first kappa shape index (κ1) is 19.5. The molecule has 1 aromatic carbocycles. The molecule has 1 fully saturated rings. The molecule has 1 N–H and O–H groups in total. The molecule has 0 unspecified atom stereocenters. The van der Waals surface area contributed by atoms with E-state index in [1.807, 2.05) is 37.4 Å². The summed E-state index contributed by atoms with van der Waals surface area (Å²) in [6, 6.07) is 18.7. The minimum Gasteiger partial charge on any atom is -0.494 e. The molecule has 2 atom stereocenters. The van der Waals surface area contributed by atoms with E-state index in [1.165, 1.54) is 5.69 Å². The van der Waals surface area contributed by atoms with E-state index < -0.39 is 0 Å². The lowest BCUT2D eigenvalue weighted by Crippen LogP contribution is -2.30. The third-order valence-corrected chi connectivity index (χ3v) is 5.51. The Balaban J connectivity index is 1.80. The number of anilines is 1. The summed E-state index contributed by atoms with van der Waals surface area (Å²) >= 11 is 5.79. The number of nitrogens with one attached hydrogen (secondary N) is 1. The zero-order valence-corrected chi connectivity index (χ0v) is 17.8. The number of pyridine rings is 1. The molecule has 1 aliphatic heterocycles. The van der Waals surface area contributed by atoms with Crippen molar-refractivity contribution in [1.82, 2.24) is 14.9 Å². The fourth-order valence-electron chi connectivity index (χ4n) is 3.93.